The molecule has 6 nitrogen and oxygen atoms in total. The molecule has 0 N–H and O–H groups in total. The van der Waals surface area contributed by atoms with E-state index in [-0.39, 0.29) is 18.1 Å². The summed E-state index contributed by atoms with van der Waals surface area (Å²) in [6.07, 6.45) is 0.765. The maximum atomic E-state index is 10.9. The van der Waals surface area contributed by atoms with E-state index >= 15 is 0 Å². The molecule has 104 valence electrons. The summed E-state index contributed by atoms with van der Waals surface area (Å²) in [6.45, 7) is 0.310. The van der Waals surface area contributed by atoms with Crippen LogP contribution in [0.15, 0.2) is 21.1 Å². The van der Waals surface area contributed by atoms with E-state index in [1.54, 1.807) is 0 Å². The highest BCUT2D eigenvalue weighted by molar-refractivity contribution is 9.11. The molecule has 0 unspecified atom stereocenters. The molecule has 1 aromatic carbocycles. The number of hydrogen-bond donors (Lipinski definition) is 0. The van der Waals surface area contributed by atoms with Crippen LogP contribution in [0.25, 0.3) is 0 Å². The summed E-state index contributed by atoms with van der Waals surface area (Å²) in [6, 6.07) is 2.72. The third-order valence-electron chi connectivity index (χ3n) is 2.19. The normalized spacial score (nSPS) is 10.1. The molecular formula is C11H11Br2NO5. The summed E-state index contributed by atoms with van der Waals surface area (Å²) >= 11 is 6.42. The summed E-state index contributed by atoms with van der Waals surface area (Å²) in [7, 11) is 1.33. The van der Waals surface area contributed by atoms with Crippen LogP contribution < -0.4 is 4.74 Å². The number of non-ortho nitro benzene ring substituents is 1. The van der Waals surface area contributed by atoms with Crippen molar-refractivity contribution in [3.63, 3.8) is 0 Å². The van der Waals surface area contributed by atoms with Crippen molar-refractivity contribution < 1.29 is 19.2 Å². The molecule has 0 heterocycles. The number of methoxy groups -OCH3 is 1. The Kier molecular flexibility index (Phi) is 6.23. The molecule has 19 heavy (non-hydrogen) atoms. The summed E-state index contributed by atoms with van der Waals surface area (Å²) in [5.74, 6) is 0.167. The van der Waals surface area contributed by atoms with E-state index in [9.17, 15) is 14.9 Å². The quantitative estimate of drug-likeness (QED) is 0.318. The Bertz CT molecular complexity index is 469. The average molecular weight is 397 g/mol. The Morgan fingerprint density at radius 2 is 1.95 bits per heavy atom. The number of nitro benzene ring substituents is 1. The molecule has 0 saturated heterocycles. The SMILES string of the molecule is COC(=O)CCCOc1c(Br)cc([N+](=O)[O-])cc1Br. The molecule has 0 aliphatic carbocycles. The van der Waals surface area contributed by atoms with Crippen LogP contribution in [0.3, 0.4) is 0 Å². The Morgan fingerprint density at radius 1 is 1.37 bits per heavy atom. The van der Waals surface area contributed by atoms with Gasteiger partial charge in [0.2, 0.25) is 0 Å². The van der Waals surface area contributed by atoms with Crippen LogP contribution in [-0.2, 0) is 9.53 Å². The van der Waals surface area contributed by atoms with Gasteiger partial charge in [-0.15, -0.1) is 0 Å². The molecule has 0 amide bonds. The lowest BCUT2D eigenvalue weighted by molar-refractivity contribution is -0.385. The molecule has 1 aromatic rings. The number of rotatable bonds is 6. The number of hydrogen-bond acceptors (Lipinski definition) is 5. The van der Waals surface area contributed by atoms with Gasteiger partial charge in [-0.1, -0.05) is 0 Å². The predicted molar refractivity (Wildman–Crippen MR) is 75.2 cm³/mol. The maximum Gasteiger partial charge on any atom is 0.305 e. The van der Waals surface area contributed by atoms with Gasteiger partial charge in [0.1, 0.15) is 5.75 Å². The first-order valence-corrected chi connectivity index (χ1v) is 6.87. The molecule has 0 bridgehead atoms. The molecule has 0 aromatic heterocycles. The molecule has 0 fully saturated rings. The summed E-state index contributed by atoms with van der Waals surface area (Å²) in [5.41, 5.74) is -0.0411. The molecule has 0 aliphatic heterocycles. The summed E-state index contributed by atoms with van der Waals surface area (Å²) in [4.78, 5) is 21.1. The number of nitro groups is 1. The van der Waals surface area contributed by atoms with E-state index in [1.807, 2.05) is 0 Å². The number of ether oxygens (including phenoxy) is 2. The van der Waals surface area contributed by atoms with Crippen LogP contribution in [-0.4, -0.2) is 24.6 Å². The molecule has 1 rings (SSSR count). The fourth-order valence-electron chi connectivity index (χ4n) is 1.28. The zero-order valence-corrected chi connectivity index (χ0v) is 13.2. The lowest BCUT2D eigenvalue weighted by atomic mass is 10.3. The van der Waals surface area contributed by atoms with Gasteiger partial charge in [0.15, 0.2) is 0 Å². The van der Waals surface area contributed by atoms with Crippen LogP contribution >= 0.6 is 31.9 Å². The number of esters is 1. The minimum absolute atomic E-state index is 0.0411. The lowest BCUT2D eigenvalue weighted by Crippen LogP contribution is -2.05. The van der Waals surface area contributed by atoms with Crippen LogP contribution in [0.4, 0.5) is 5.69 Å². The van der Waals surface area contributed by atoms with Gasteiger partial charge in [-0.3, -0.25) is 14.9 Å². The van der Waals surface area contributed by atoms with Crippen molar-refractivity contribution in [3.8, 4) is 5.75 Å². The smallest absolute Gasteiger partial charge is 0.305 e. The highest BCUT2D eigenvalue weighted by Crippen LogP contribution is 2.37. The summed E-state index contributed by atoms with van der Waals surface area (Å²) in [5, 5.41) is 10.7. The summed E-state index contributed by atoms with van der Waals surface area (Å²) < 4.78 is 10.9. The number of carbonyl (C=O) groups excluding carboxylic acids is 1. The van der Waals surface area contributed by atoms with Gasteiger partial charge in [-0.05, 0) is 38.3 Å². The van der Waals surface area contributed by atoms with E-state index in [2.05, 4.69) is 36.6 Å². The van der Waals surface area contributed by atoms with Crippen molar-refractivity contribution in [2.24, 2.45) is 0 Å². The van der Waals surface area contributed by atoms with Gasteiger partial charge < -0.3 is 9.47 Å². The zero-order valence-electron chi connectivity index (χ0n) is 10.0. The van der Waals surface area contributed by atoms with Crippen molar-refractivity contribution in [2.45, 2.75) is 12.8 Å². The molecule has 8 heteroatoms. The fraction of sp³-hybridized carbons (Fsp3) is 0.364. The van der Waals surface area contributed by atoms with Gasteiger partial charge in [0, 0.05) is 18.6 Å². The van der Waals surface area contributed by atoms with Crippen molar-refractivity contribution in [2.75, 3.05) is 13.7 Å². The van der Waals surface area contributed by atoms with E-state index in [1.165, 1.54) is 19.2 Å². The number of benzene rings is 1. The molecular weight excluding hydrogens is 386 g/mol. The van der Waals surface area contributed by atoms with Gasteiger partial charge >= 0.3 is 5.97 Å². The molecule has 0 spiro atoms. The fourth-order valence-corrected chi connectivity index (χ4v) is 2.67. The minimum atomic E-state index is -0.490. The van der Waals surface area contributed by atoms with Gasteiger partial charge in [0.25, 0.3) is 5.69 Å². The zero-order chi connectivity index (χ0) is 14.4. The first-order chi connectivity index (χ1) is 8.95. The van der Waals surface area contributed by atoms with Crippen molar-refractivity contribution in [3.05, 3.63) is 31.2 Å². The largest absolute Gasteiger partial charge is 0.491 e. The van der Waals surface area contributed by atoms with Crippen LogP contribution in [0.2, 0.25) is 0 Å². The second kappa shape index (κ2) is 7.44. The van der Waals surface area contributed by atoms with Crippen LogP contribution in [0.1, 0.15) is 12.8 Å². The van der Waals surface area contributed by atoms with Crippen LogP contribution in [0.5, 0.6) is 5.75 Å². The van der Waals surface area contributed by atoms with Crippen molar-refractivity contribution in [1.82, 2.24) is 0 Å². The Hall–Kier alpha value is -1.15. The monoisotopic (exact) mass is 395 g/mol. The van der Waals surface area contributed by atoms with Crippen molar-refractivity contribution >= 4 is 43.5 Å². The lowest BCUT2D eigenvalue weighted by Gasteiger charge is -2.09. The predicted octanol–water partition coefficient (Wildman–Crippen LogP) is 3.45. The molecule has 0 aliphatic rings. The topological polar surface area (TPSA) is 78.7 Å². The first kappa shape index (κ1) is 15.9. The highest BCUT2D eigenvalue weighted by atomic mass is 79.9. The number of nitrogens with zero attached hydrogens (tertiary/aromatic N) is 1. The standard InChI is InChI=1S/C11H11Br2NO5/c1-18-10(15)3-2-4-19-11-8(12)5-7(14(16)17)6-9(11)13/h5-6H,2-4H2,1H3. The molecule has 0 atom stereocenters. The molecule has 0 radical (unpaired) electrons. The van der Waals surface area contributed by atoms with E-state index < -0.39 is 4.92 Å². The Morgan fingerprint density at radius 3 is 2.42 bits per heavy atom. The van der Waals surface area contributed by atoms with Gasteiger partial charge in [0.05, 0.1) is 27.6 Å². The van der Waals surface area contributed by atoms with Crippen LogP contribution in [0, 0.1) is 10.1 Å². The van der Waals surface area contributed by atoms with Crippen molar-refractivity contribution in [1.29, 1.82) is 0 Å². The van der Waals surface area contributed by atoms with Gasteiger partial charge in [-0.2, -0.15) is 0 Å². The minimum Gasteiger partial charge on any atom is -0.491 e. The highest BCUT2D eigenvalue weighted by Gasteiger charge is 2.15. The Balaban J connectivity index is 2.64. The van der Waals surface area contributed by atoms with Gasteiger partial charge in [-0.25, -0.2) is 0 Å². The third kappa shape index (κ3) is 4.79. The second-order valence-electron chi connectivity index (χ2n) is 3.52. The molecule has 0 saturated carbocycles. The third-order valence-corrected chi connectivity index (χ3v) is 3.37. The van der Waals surface area contributed by atoms with E-state index in [4.69, 9.17) is 4.74 Å². The van der Waals surface area contributed by atoms with E-state index in [0.29, 0.717) is 27.7 Å². The second-order valence-corrected chi connectivity index (χ2v) is 5.23. The number of halogens is 2. The maximum absolute atomic E-state index is 10.9. The van der Waals surface area contributed by atoms with E-state index in [0.717, 1.165) is 0 Å². The Labute approximate surface area is 126 Å². The first-order valence-electron chi connectivity index (χ1n) is 5.28. The average Bonchev–Trinajstić information content (AvgIpc) is 2.36. The number of carbonyl (C=O) groups is 1.